The van der Waals surface area contributed by atoms with E-state index < -0.39 is 17.9 Å². The number of aromatic nitrogens is 2. The first-order valence-corrected chi connectivity index (χ1v) is 12.6. The number of Topliss-reactive ketones (excluding diaryl/α,β-unsaturated/α-hetero) is 1. The quantitative estimate of drug-likeness (QED) is 0.307. The third-order valence-electron chi connectivity index (χ3n) is 7.13. The fourth-order valence-corrected chi connectivity index (χ4v) is 5.08. The average molecular weight is 544 g/mol. The Hall–Kier alpha value is -4.86. The van der Waals surface area contributed by atoms with Crippen LogP contribution in [-0.2, 0) is 11.3 Å². The first-order valence-electron chi connectivity index (χ1n) is 12.6. The molecular weight excluding hydrogens is 514 g/mol. The molecule has 0 spiro atoms. The number of nitrogens with zero attached hydrogens (tertiary/aromatic N) is 3. The highest BCUT2D eigenvalue weighted by molar-refractivity contribution is 6.04. The van der Waals surface area contributed by atoms with Gasteiger partial charge in [0.05, 0.1) is 39.3 Å². The van der Waals surface area contributed by atoms with Gasteiger partial charge in [-0.3, -0.25) is 19.0 Å². The number of para-hydroxylation sites is 1. The fraction of sp³-hybridized carbons (Fsp3) is 0.267. The number of fused-ring (bicyclic) bond motifs is 2. The van der Waals surface area contributed by atoms with E-state index in [2.05, 4.69) is 0 Å². The largest absolute Gasteiger partial charge is 0.497 e. The van der Waals surface area contributed by atoms with Crippen molar-refractivity contribution < 1.29 is 28.5 Å². The van der Waals surface area contributed by atoms with Crippen LogP contribution in [0.15, 0.2) is 65.5 Å². The van der Waals surface area contributed by atoms with Gasteiger partial charge < -0.3 is 23.8 Å². The third kappa shape index (κ3) is 4.41. The van der Waals surface area contributed by atoms with E-state index in [1.807, 2.05) is 12.1 Å². The van der Waals surface area contributed by atoms with Gasteiger partial charge in [0.2, 0.25) is 11.7 Å². The molecule has 4 aromatic rings. The van der Waals surface area contributed by atoms with Crippen LogP contribution in [0.25, 0.3) is 10.9 Å². The Morgan fingerprint density at radius 3 is 2.12 bits per heavy atom. The van der Waals surface area contributed by atoms with Crippen molar-refractivity contribution in [1.82, 2.24) is 14.5 Å². The van der Waals surface area contributed by atoms with Crippen LogP contribution in [0.2, 0.25) is 0 Å². The van der Waals surface area contributed by atoms with Crippen molar-refractivity contribution in [2.75, 3.05) is 28.4 Å². The summed E-state index contributed by atoms with van der Waals surface area (Å²) >= 11 is 0. The highest BCUT2D eigenvalue weighted by atomic mass is 16.5. The number of carbonyl (C=O) groups excluding carboxylic acids is 2. The molecule has 0 aliphatic carbocycles. The van der Waals surface area contributed by atoms with Crippen molar-refractivity contribution in [1.29, 1.82) is 0 Å². The zero-order valence-corrected chi connectivity index (χ0v) is 22.8. The topological polar surface area (TPSA) is 109 Å². The molecule has 1 aliphatic heterocycles. The van der Waals surface area contributed by atoms with E-state index in [1.54, 1.807) is 50.4 Å². The van der Waals surface area contributed by atoms with Crippen LogP contribution < -0.4 is 24.5 Å². The minimum Gasteiger partial charge on any atom is -0.497 e. The zero-order chi connectivity index (χ0) is 28.6. The maximum absolute atomic E-state index is 14.4. The number of carbonyl (C=O) groups is 2. The molecule has 1 aromatic heterocycles. The number of benzene rings is 3. The lowest BCUT2D eigenvalue weighted by molar-refractivity contribution is -0.139. The molecule has 0 radical (unpaired) electrons. The molecule has 206 valence electrons. The summed E-state index contributed by atoms with van der Waals surface area (Å²) in [6.07, 6.45) is 0. The van der Waals surface area contributed by atoms with E-state index in [0.717, 1.165) is 5.56 Å². The second-order valence-electron chi connectivity index (χ2n) is 9.33. The van der Waals surface area contributed by atoms with Gasteiger partial charge >= 0.3 is 0 Å². The molecule has 0 fully saturated rings. The number of methoxy groups -OCH3 is 4. The number of hydrogen-bond acceptors (Lipinski definition) is 8. The van der Waals surface area contributed by atoms with Crippen LogP contribution in [0.3, 0.4) is 0 Å². The second-order valence-corrected chi connectivity index (χ2v) is 9.33. The van der Waals surface area contributed by atoms with Gasteiger partial charge in [-0.2, -0.15) is 0 Å². The molecule has 0 unspecified atom stereocenters. The van der Waals surface area contributed by atoms with Gasteiger partial charge in [-0.15, -0.1) is 0 Å². The van der Waals surface area contributed by atoms with Crippen LogP contribution in [0.4, 0.5) is 0 Å². The number of amides is 1. The summed E-state index contributed by atoms with van der Waals surface area (Å²) in [5.74, 6) is 0.903. The molecule has 0 saturated carbocycles. The highest BCUT2D eigenvalue weighted by Crippen LogP contribution is 2.41. The first kappa shape index (κ1) is 26.7. The van der Waals surface area contributed by atoms with Gasteiger partial charge in [0.15, 0.2) is 23.3 Å². The highest BCUT2D eigenvalue weighted by Gasteiger charge is 2.44. The summed E-state index contributed by atoms with van der Waals surface area (Å²) in [6, 6.07) is 15.1. The Kier molecular flexibility index (Phi) is 7.17. The van der Waals surface area contributed by atoms with Gasteiger partial charge in [-0.1, -0.05) is 24.3 Å². The normalized spacial score (nSPS) is 16.4. The van der Waals surface area contributed by atoms with Gasteiger partial charge in [0.25, 0.3) is 5.56 Å². The summed E-state index contributed by atoms with van der Waals surface area (Å²) in [7, 11) is 5.95. The Bertz CT molecular complexity index is 1640. The molecule has 10 nitrogen and oxygen atoms in total. The molecule has 1 aliphatic rings. The number of ether oxygens (including phenoxy) is 4. The predicted octanol–water partition coefficient (Wildman–Crippen LogP) is 3.96. The van der Waals surface area contributed by atoms with E-state index in [4.69, 9.17) is 23.9 Å². The van der Waals surface area contributed by atoms with Gasteiger partial charge in [-0.25, -0.2) is 4.98 Å². The van der Waals surface area contributed by atoms with Crippen LogP contribution in [0.1, 0.15) is 40.8 Å². The molecule has 1 amide bonds. The molecule has 0 bridgehead atoms. The maximum Gasteiger partial charge on any atom is 0.262 e. The molecule has 5 rings (SSSR count). The minimum absolute atomic E-state index is 0.108. The molecule has 3 aromatic carbocycles. The van der Waals surface area contributed by atoms with Crippen molar-refractivity contribution in [2.45, 2.75) is 25.6 Å². The summed E-state index contributed by atoms with van der Waals surface area (Å²) in [4.78, 5) is 48.1. The van der Waals surface area contributed by atoms with E-state index in [0.29, 0.717) is 22.4 Å². The lowest BCUT2D eigenvalue weighted by Crippen LogP contribution is -2.51. The average Bonchev–Trinajstić information content (AvgIpc) is 2.99. The van der Waals surface area contributed by atoms with Crippen molar-refractivity contribution in [3.8, 4) is 23.0 Å². The lowest BCUT2D eigenvalue weighted by Gasteiger charge is -2.39. The Labute approximate surface area is 230 Å². The Balaban J connectivity index is 1.72. The number of ketones is 1. The van der Waals surface area contributed by atoms with E-state index >= 15 is 0 Å². The summed E-state index contributed by atoms with van der Waals surface area (Å²) in [6.45, 7) is 1.75. The van der Waals surface area contributed by atoms with Crippen LogP contribution in [0.5, 0.6) is 23.0 Å². The molecule has 2 atom stereocenters. The molecule has 2 heterocycles. The summed E-state index contributed by atoms with van der Waals surface area (Å²) in [5.41, 5.74) is 1.04. The van der Waals surface area contributed by atoms with Crippen LogP contribution in [0, 0.1) is 0 Å². The van der Waals surface area contributed by atoms with Crippen molar-refractivity contribution in [3.05, 3.63) is 88.0 Å². The van der Waals surface area contributed by atoms with Crippen molar-refractivity contribution >= 4 is 22.6 Å². The van der Waals surface area contributed by atoms with Gasteiger partial charge in [0, 0.05) is 12.1 Å². The Morgan fingerprint density at radius 2 is 1.52 bits per heavy atom. The van der Waals surface area contributed by atoms with E-state index in [1.165, 1.54) is 42.9 Å². The first-order chi connectivity index (χ1) is 19.3. The van der Waals surface area contributed by atoms with Crippen LogP contribution >= 0.6 is 0 Å². The number of hydrogen-bond donors (Lipinski definition) is 0. The van der Waals surface area contributed by atoms with Crippen molar-refractivity contribution in [3.63, 3.8) is 0 Å². The molecule has 10 heteroatoms. The lowest BCUT2D eigenvalue weighted by atomic mass is 9.96. The smallest absolute Gasteiger partial charge is 0.262 e. The van der Waals surface area contributed by atoms with E-state index in [-0.39, 0.29) is 40.9 Å². The van der Waals surface area contributed by atoms with Gasteiger partial charge in [-0.05, 0) is 48.9 Å². The van der Waals surface area contributed by atoms with Gasteiger partial charge in [0.1, 0.15) is 17.6 Å². The molecule has 0 N–H and O–H groups in total. The zero-order valence-electron chi connectivity index (χ0n) is 22.8. The van der Waals surface area contributed by atoms with Crippen LogP contribution in [-0.4, -0.2) is 54.6 Å². The van der Waals surface area contributed by atoms with Crippen molar-refractivity contribution in [2.24, 2.45) is 0 Å². The molecular formula is C30H29N3O7. The second kappa shape index (κ2) is 10.7. The summed E-state index contributed by atoms with van der Waals surface area (Å²) in [5, 5.41) is 0.369. The third-order valence-corrected chi connectivity index (χ3v) is 7.13. The maximum atomic E-state index is 14.4. The molecule has 0 saturated heterocycles. The number of rotatable bonds is 8. The minimum atomic E-state index is -1.20. The SMILES string of the molecule is COc1ccc(CN2C(=O)[C@H](C)n3c(nc4ccccc4c3=O)[C@@H]2C(=O)c2cc(OC)c(OC)c(OC)c2)cc1. The predicted molar refractivity (Wildman–Crippen MR) is 147 cm³/mol. The Morgan fingerprint density at radius 1 is 0.875 bits per heavy atom. The summed E-state index contributed by atoms with van der Waals surface area (Å²) < 4.78 is 22.9. The fourth-order valence-electron chi connectivity index (χ4n) is 5.08. The monoisotopic (exact) mass is 543 g/mol. The molecule has 40 heavy (non-hydrogen) atoms. The van der Waals surface area contributed by atoms with E-state index in [9.17, 15) is 14.4 Å². The standard InChI is InChI=1S/C30H29N3O7/c1-17-29(35)32(16-18-10-12-20(37-2)13-11-18)25(28-31-22-9-7-6-8-21(22)30(36)33(17)28)26(34)19-14-23(38-3)27(40-5)24(15-19)39-4/h6-15,17,25H,16H2,1-5H3/t17-,25-/m0/s1.